The Morgan fingerprint density at radius 1 is 0.583 bits per heavy atom. The highest BCUT2D eigenvalue weighted by Gasteiger charge is 1.92. The van der Waals surface area contributed by atoms with Gasteiger partial charge in [-0.2, -0.15) is 0 Å². The zero-order chi connectivity index (χ0) is 17.9. The monoisotopic (exact) mass is 338 g/mol. The molecule has 0 aromatic rings. The van der Waals surface area contributed by atoms with Crippen LogP contribution in [0.25, 0.3) is 0 Å². The normalized spacial score (nSPS) is 11.2. The fraction of sp³-hybridized carbons (Fsp3) is 0.700. The second-order valence-electron chi connectivity index (χ2n) is 5.90. The molecular weight excluding hydrogens is 304 g/mol. The Bertz CT molecular complexity index is 372. The van der Waals surface area contributed by atoms with Gasteiger partial charge in [-0.3, -0.25) is 9.59 Å². The van der Waals surface area contributed by atoms with E-state index in [2.05, 4.69) is 24.3 Å². The molecule has 0 aliphatic heterocycles. The predicted octanol–water partition coefficient (Wildman–Crippen LogP) is 5.13. The number of unbranched alkanes of at least 4 members (excludes halogenated alkanes) is 7. The highest BCUT2D eigenvalue weighted by Crippen LogP contribution is 2.07. The highest BCUT2D eigenvalue weighted by molar-refractivity contribution is 5.66. The summed E-state index contributed by atoms with van der Waals surface area (Å²) >= 11 is 0. The van der Waals surface area contributed by atoms with Crippen LogP contribution in [-0.4, -0.2) is 25.2 Å². The lowest BCUT2D eigenvalue weighted by atomic mass is 10.1. The van der Waals surface area contributed by atoms with Crippen LogP contribution in [-0.2, 0) is 19.1 Å². The van der Waals surface area contributed by atoms with E-state index in [1.807, 2.05) is 0 Å². The van der Waals surface area contributed by atoms with Crippen molar-refractivity contribution in [3.8, 4) is 0 Å². The van der Waals surface area contributed by atoms with Crippen LogP contribution in [0.1, 0.15) is 78.1 Å². The smallest absolute Gasteiger partial charge is 0.302 e. The Kier molecular flexibility index (Phi) is 16.6. The minimum absolute atomic E-state index is 0.192. The predicted molar refractivity (Wildman–Crippen MR) is 97.7 cm³/mol. The van der Waals surface area contributed by atoms with Gasteiger partial charge in [-0.15, -0.1) is 0 Å². The summed E-state index contributed by atoms with van der Waals surface area (Å²) in [5, 5.41) is 0. The lowest BCUT2D eigenvalue weighted by Crippen LogP contribution is -1.99. The van der Waals surface area contributed by atoms with E-state index in [0.29, 0.717) is 13.2 Å². The lowest BCUT2D eigenvalue weighted by Gasteiger charge is -1.99. The van der Waals surface area contributed by atoms with E-state index in [1.54, 1.807) is 0 Å². The summed E-state index contributed by atoms with van der Waals surface area (Å²) in [6.07, 6.45) is 20.0. The second-order valence-corrected chi connectivity index (χ2v) is 5.90. The van der Waals surface area contributed by atoms with Gasteiger partial charge in [-0.05, 0) is 51.4 Å². The third-order valence-corrected chi connectivity index (χ3v) is 3.49. The zero-order valence-corrected chi connectivity index (χ0v) is 15.4. The second kappa shape index (κ2) is 17.8. The van der Waals surface area contributed by atoms with Crippen molar-refractivity contribution >= 4 is 11.9 Å². The summed E-state index contributed by atoms with van der Waals surface area (Å²) < 4.78 is 9.74. The molecule has 0 aliphatic carbocycles. The van der Waals surface area contributed by atoms with Crippen molar-refractivity contribution in [1.29, 1.82) is 0 Å². The van der Waals surface area contributed by atoms with Gasteiger partial charge in [0, 0.05) is 13.8 Å². The number of hydrogen-bond donors (Lipinski definition) is 0. The summed E-state index contributed by atoms with van der Waals surface area (Å²) in [5.74, 6) is -0.400. The van der Waals surface area contributed by atoms with E-state index < -0.39 is 0 Å². The SMILES string of the molecule is CC(=O)OCC/C=C/CCCCCC/C=C/CCCCOC(C)=O. The molecule has 4 nitrogen and oxygen atoms in total. The molecule has 0 radical (unpaired) electrons. The third kappa shape index (κ3) is 20.4. The molecule has 0 heterocycles. The molecule has 0 saturated heterocycles. The molecule has 0 spiro atoms. The Labute approximate surface area is 147 Å². The van der Waals surface area contributed by atoms with E-state index in [9.17, 15) is 9.59 Å². The standard InChI is InChI=1S/C20H34O4/c1-19(21)23-17-15-13-11-9-7-5-3-4-6-8-10-12-14-16-18-24-20(2)22/h7,9,12,14H,3-6,8,10-11,13,15-18H2,1-2H3/b9-7+,14-12+. The Hall–Kier alpha value is -1.58. The van der Waals surface area contributed by atoms with Crippen LogP contribution in [0.3, 0.4) is 0 Å². The van der Waals surface area contributed by atoms with E-state index in [1.165, 1.54) is 39.5 Å². The first kappa shape index (κ1) is 22.4. The molecule has 0 aromatic carbocycles. The summed E-state index contributed by atoms with van der Waals surface area (Å²) in [6.45, 7) is 3.91. The number of hydrogen-bond acceptors (Lipinski definition) is 4. The van der Waals surface area contributed by atoms with Crippen LogP contribution in [0.15, 0.2) is 24.3 Å². The molecule has 0 N–H and O–H groups in total. The van der Waals surface area contributed by atoms with Crippen LogP contribution in [0.4, 0.5) is 0 Å². The summed E-state index contributed by atoms with van der Waals surface area (Å²) in [6, 6.07) is 0. The first-order chi connectivity index (χ1) is 11.6. The topological polar surface area (TPSA) is 52.6 Å². The molecule has 24 heavy (non-hydrogen) atoms. The van der Waals surface area contributed by atoms with Crippen molar-refractivity contribution in [2.75, 3.05) is 13.2 Å². The van der Waals surface area contributed by atoms with E-state index in [4.69, 9.17) is 9.47 Å². The largest absolute Gasteiger partial charge is 0.466 e. The summed E-state index contributed by atoms with van der Waals surface area (Å²) in [5.41, 5.74) is 0. The number of esters is 2. The average molecular weight is 338 g/mol. The van der Waals surface area contributed by atoms with Crippen LogP contribution < -0.4 is 0 Å². The molecule has 4 heteroatoms. The third-order valence-electron chi connectivity index (χ3n) is 3.49. The number of carbonyl (C=O) groups is 2. The Balaban J connectivity index is 3.19. The van der Waals surface area contributed by atoms with Gasteiger partial charge >= 0.3 is 11.9 Å². The van der Waals surface area contributed by atoms with E-state index in [-0.39, 0.29) is 11.9 Å². The Morgan fingerprint density at radius 2 is 1.00 bits per heavy atom. The number of allylic oxidation sites excluding steroid dienone is 3. The van der Waals surface area contributed by atoms with Crippen LogP contribution in [0, 0.1) is 0 Å². The molecule has 138 valence electrons. The van der Waals surface area contributed by atoms with Crippen molar-refractivity contribution in [3.05, 3.63) is 24.3 Å². The molecule has 0 rings (SSSR count). The molecule has 0 amide bonds. The molecule has 0 aliphatic rings. The van der Waals surface area contributed by atoms with Gasteiger partial charge < -0.3 is 9.47 Å². The minimum atomic E-state index is -0.209. The fourth-order valence-corrected chi connectivity index (χ4v) is 2.20. The fourth-order valence-electron chi connectivity index (χ4n) is 2.20. The molecule has 0 fully saturated rings. The van der Waals surface area contributed by atoms with Crippen molar-refractivity contribution in [2.45, 2.75) is 78.1 Å². The lowest BCUT2D eigenvalue weighted by molar-refractivity contribution is -0.141. The van der Waals surface area contributed by atoms with Gasteiger partial charge in [-0.25, -0.2) is 0 Å². The van der Waals surface area contributed by atoms with Crippen LogP contribution in [0.2, 0.25) is 0 Å². The van der Waals surface area contributed by atoms with Crippen LogP contribution in [0.5, 0.6) is 0 Å². The molecule has 0 aromatic heterocycles. The van der Waals surface area contributed by atoms with Gasteiger partial charge in [0.15, 0.2) is 0 Å². The molecule has 0 unspecified atom stereocenters. The Morgan fingerprint density at radius 3 is 1.50 bits per heavy atom. The van der Waals surface area contributed by atoms with Crippen molar-refractivity contribution < 1.29 is 19.1 Å². The summed E-state index contributed by atoms with van der Waals surface area (Å²) in [7, 11) is 0. The first-order valence-electron chi connectivity index (χ1n) is 9.19. The first-order valence-corrected chi connectivity index (χ1v) is 9.19. The maximum atomic E-state index is 10.6. The van der Waals surface area contributed by atoms with Gasteiger partial charge in [0.05, 0.1) is 13.2 Å². The molecular formula is C20H34O4. The quantitative estimate of drug-likeness (QED) is 0.236. The summed E-state index contributed by atoms with van der Waals surface area (Å²) in [4.78, 5) is 21.1. The van der Waals surface area contributed by atoms with E-state index >= 15 is 0 Å². The van der Waals surface area contributed by atoms with Gasteiger partial charge in [0.1, 0.15) is 0 Å². The zero-order valence-electron chi connectivity index (χ0n) is 15.4. The molecule has 0 saturated carbocycles. The maximum absolute atomic E-state index is 10.6. The van der Waals surface area contributed by atoms with Gasteiger partial charge in [-0.1, -0.05) is 37.1 Å². The van der Waals surface area contributed by atoms with Crippen molar-refractivity contribution in [2.24, 2.45) is 0 Å². The van der Waals surface area contributed by atoms with E-state index in [0.717, 1.165) is 38.5 Å². The maximum Gasteiger partial charge on any atom is 0.302 e. The number of carbonyl (C=O) groups excluding carboxylic acids is 2. The number of ether oxygens (including phenoxy) is 2. The van der Waals surface area contributed by atoms with Gasteiger partial charge in [0.2, 0.25) is 0 Å². The van der Waals surface area contributed by atoms with Crippen molar-refractivity contribution in [1.82, 2.24) is 0 Å². The minimum Gasteiger partial charge on any atom is -0.466 e. The average Bonchev–Trinajstić information content (AvgIpc) is 2.53. The number of rotatable bonds is 15. The molecule has 0 atom stereocenters. The van der Waals surface area contributed by atoms with Crippen molar-refractivity contribution in [3.63, 3.8) is 0 Å². The van der Waals surface area contributed by atoms with Gasteiger partial charge in [0.25, 0.3) is 0 Å². The highest BCUT2D eigenvalue weighted by atomic mass is 16.5. The molecule has 0 bridgehead atoms. The van der Waals surface area contributed by atoms with Crippen LogP contribution >= 0.6 is 0 Å².